The molecule has 1 N–H and O–H groups in total. The molecule has 0 radical (unpaired) electrons. The van der Waals surface area contributed by atoms with Gasteiger partial charge in [-0.05, 0) is 20.8 Å². The summed E-state index contributed by atoms with van der Waals surface area (Å²) < 4.78 is 15.9. The first-order valence-corrected chi connectivity index (χ1v) is 7.37. The second-order valence-corrected chi connectivity index (χ2v) is 4.79. The lowest BCUT2D eigenvalue weighted by molar-refractivity contribution is -0.131. The Morgan fingerprint density at radius 2 is 1.59 bits per heavy atom. The standard InChI is InChI=1S/C16H26N2O4/c1-7-18(8-2)16(19)11(3)17-12-9-13(20-4)15(22-6)14(10-12)21-5/h9-11,17H,7-8H2,1-6H3. The van der Waals surface area contributed by atoms with E-state index in [1.165, 1.54) is 0 Å². The van der Waals surface area contributed by atoms with Gasteiger partial charge in [0.05, 0.1) is 21.3 Å². The number of rotatable bonds is 8. The number of likely N-dealkylation sites (N-methyl/N-ethyl adjacent to an activating group) is 1. The number of carbonyl (C=O) groups excluding carboxylic acids is 1. The number of methoxy groups -OCH3 is 3. The molecule has 0 aromatic heterocycles. The maximum absolute atomic E-state index is 12.3. The van der Waals surface area contributed by atoms with Gasteiger partial charge in [0.2, 0.25) is 11.7 Å². The van der Waals surface area contributed by atoms with Gasteiger partial charge in [0.15, 0.2) is 11.5 Å². The van der Waals surface area contributed by atoms with E-state index < -0.39 is 0 Å². The highest BCUT2D eigenvalue weighted by atomic mass is 16.5. The first-order chi connectivity index (χ1) is 10.5. The van der Waals surface area contributed by atoms with Crippen LogP contribution >= 0.6 is 0 Å². The monoisotopic (exact) mass is 310 g/mol. The molecule has 0 spiro atoms. The smallest absolute Gasteiger partial charge is 0.244 e. The minimum Gasteiger partial charge on any atom is -0.493 e. The van der Waals surface area contributed by atoms with Gasteiger partial charge < -0.3 is 24.4 Å². The van der Waals surface area contributed by atoms with Crippen molar-refractivity contribution in [3.8, 4) is 17.2 Å². The molecule has 0 heterocycles. The third kappa shape index (κ3) is 3.96. The molecule has 1 amide bonds. The molecule has 1 atom stereocenters. The molecule has 1 aromatic carbocycles. The van der Waals surface area contributed by atoms with Crippen molar-refractivity contribution in [2.75, 3.05) is 39.7 Å². The second-order valence-electron chi connectivity index (χ2n) is 4.79. The van der Waals surface area contributed by atoms with Crippen molar-refractivity contribution < 1.29 is 19.0 Å². The van der Waals surface area contributed by atoms with Crippen LogP contribution in [-0.4, -0.2) is 51.3 Å². The van der Waals surface area contributed by atoms with Gasteiger partial charge in [0.25, 0.3) is 0 Å². The van der Waals surface area contributed by atoms with Crippen LogP contribution in [0.3, 0.4) is 0 Å². The Hall–Kier alpha value is -2.11. The maximum Gasteiger partial charge on any atom is 0.244 e. The van der Waals surface area contributed by atoms with E-state index in [4.69, 9.17) is 14.2 Å². The molecule has 6 heteroatoms. The molecule has 1 unspecified atom stereocenters. The van der Waals surface area contributed by atoms with E-state index in [1.54, 1.807) is 38.4 Å². The Labute approximate surface area is 132 Å². The summed E-state index contributed by atoms with van der Waals surface area (Å²) in [5.74, 6) is 1.68. The van der Waals surface area contributed by atoms with Gasteiger partial charge in [0, 0.05) is 30.9 Å². The fraction of sp³-hybridized carbons (Fsp3) is 0.562. The molecule has 0 saturated carbocycles. The normalized spacial score (nSPS) is 11.5. The Morgan fingerprint density at radius 3 is 1.95 bits per heavy atom. The largest absolute Gasteiger partial charge is 0.493 e. The van der Waals surface area contributed by atoms with Gasteiger partial charge in [-0.1, -0.05) is 0 Å². The fourth-order valence-corrected chi connectivity index (χ4v) is 2.29. The lowest BCUT2D eigenvalue weighted by Crippen LogP contribution is -2.41. The van der Waals surface area contributed by atoms with Crippen molar-refractivity contribution >= 4 is 11.6 Å². The van der Waals surface area contributed by atoms with Gasteiger partial charge in [-0.3, -0.25) is 4.79 Å². The molecule has 22 heavy (non-hydrogen) atoms. The molecular weight excluding hydrogens is 284 g/mol. The van der Waals surface area contributed by atoms with E-state index in [2.05, 4.69) is 5.32 Å². The van der Waals surface area contributed by atoms with Crippen LogP contribution in [0, 0.1) is 0 Å². The van der Waals surface area contributed by atoms with Crippen LogP contribution in [0.1, 0.15) is 20.8 Å². The summed E-state index contributed by atoms with van der Waals surface area (Å²) in [6.45, 7) is 7.15. The van der Waals surface area contributed by atoms with Crippen LogP contribution in [0.15, 0.2) is 12.1 Å². The summed E-state index contributed by atoms with van der Waals surface area (Å²) in [4.78, 5) is 14.1. The van der Waals surface area contributed by atoms with E-state index in [0.29, 0.717) is 30.3 Å². The Kier molecular flexibility index (Phi) is 6.82. The van der Waals surface area contributed by atoms with Gasteiger partial charge >= 0.3 is 0 Å². The third-order valence-corrected chi connectivity index (χ3v) is 3.49. The van der Waals surface area contributed by atoms with Gasteiger partial charge in [-0.15, -0.1) is 0 Å². The number of anilines is 1. The number of benzene rings is 1. The average Bonchev–Trinajstić information content (AvgIpc) is 2.54. The van der Waals surface area contributed by atoms with Crippen LogP contribution in [0.2, 0.25) is 0 Å². The molecule has 6 nitrogen and oxygen atoms in total. The predicted octanol–water partition coefficient (Wildman–Crippen LogP) is 2.38. The maximum atomic E-state index is 12.3. The minimum absolute atomic E-state index is 0.0544. The quantitative estimate of drug-likeness (QED) is 0.799. The molecule has 124 valence electrons. The molecular formula is C16H26N2O4. The first kappa shape index (κ1) is 17.9. The SMILES string of the molecule is CCN(CC)C(=O)C(C)Nc1cc(OC)c(OC)c(OC)c1. The molecule has 0 saturated heterocycles. The van der Waals surface area contributed by atoms with Crippen molar-refractivity contribution in [1.82, 2.24) is 4.90 Å². The molecule has 0 aliphatic rings. The van der Waals surface area contributed by atoms with Crippen molar-refractivity contribution in [2.45, 2.75) is 26.8 Å². The van der Waals surface area contributed by atoms with Crippen LogP contribution in [-0.2, 0) is 4.79 Å². The Morgan fingerprint density at radius 1 is 1.09 bits per heavy atom. The van der Waals surface area contributed by atoms with Crippen LogP contribution in [0.25, 0.3) is 0 Å². The first-order valence-electron chi connectivity index (χ1n) is 7.37. The summed E-state index contributed by atoms with van der Waals surface area (Å²) in [7, 11) is 4.68. The van der Waals surface area contributed by atoms with E-state index in [0.717, 1.165) is 5.69 Å². The molecule has 0 aliphatic carbocycles. The average molecular weight is 310 g/mol. The molecule has 0 fully saturated rings. The zero-order valence-electron chi connectivity index (χ0n) is 14.2. The van der Waals surface area contributed by atoms with Crippen molar-refractivity contribution in [3.63, 3.8) is 0 Å². The van der Waals surface area contributed by atoms with Gasteiger partial charge in [0.1, 0.15) is 6.04 Å². The molecule has 0 aliphatic heterocycles. The highest BCUT2D eigenvalue weighted by molar-refractivity contribution is 5.84. The number of amides is 1. The topological polar surface area (TPSA) is 60.0 Å². The van der Waals surface area contributed by atoms with Crippen molar-refractivity contribution in [1.29, 1.82) is 0 Å². The lowest BCUT2D eigenvalue weighted by atomic mass is 10.2. The lowest BCUT2D eigenvalue weighted by Gasteiger charge is -2.24. The highest BCUT2D eigenvalue weighted by Gasteiger charge is 2.20. The van der Waals surface area contributed by atoms with Gasteiger partial charge in [-0.25, -0.2) is 0 Å². The number of nitrogens with one attached hydrogen (secondary N) is 1. The molecule has 0 bridgehead atoms. The summed E-state index contributed by atoms with van der Waals surface area (Å²) in [5, 5.41) is 3.18. The van der Waals surface area contributed by atoms with Crippen LogP contribution in [0.5, 0.6) is 17.2 Å². The van der Waals surface area contributed by atoms with E-state index in [9.17, 15) is 4.79 Å². The zero-order valence-corrected chi connectivity index (χ0v) is 14.2. The Bertz CT molecular complexity index is 476. The number of carbonyl (C=O) groups is 1. The van der Waals surface area contributed by atoms with Crippen molar-refractivity contribution in [2.24, 2.45) is 0 Å². The zero-order chi connectivity index (χ0) is 16.7. The second kappa shape index (κ2) is 8.36. The third-order valence-electron chi connectivity index (χ3n) is 3.49. The minimum atomic E-state index is -0.345. The van der Waals surface area contributed by atoms with Crippen LogP contribution < -0.4 is 19.5 Å². The summed E-state index contributed by atoms with van der Waals surface area (Å²) >= 11 is 0. The predicted molar refractivity (Wildman–Crippen MR) is 87.1 cm³/mol. The Balaban J connectivity index is 3.00. The van der Waals surface area contributed by atoms with E-state index >= 15 is 0 Å². The van der Waals surface area contributed by atoms with Crippen molar-refractivity contribution in [3.05, 3.63) is 12.1 Å². The van der Waals surface area contributed by atoms with Gasteiger partial charge in [-0.2, -0.15) is 0 Å². The van der Waals surface area contributed by atoms with E-state index in [1.807, 2.05) is 20.8 Å². The summed E-state index contributed by atoms with van der Waals surface area (Å²) in [6.07, 6.45) is 0. The fourth-order valence-electron chi connectivity index (χ4n) is 2.29. The number of hydrogen-bond donors (Lipinski definition) is 1. The molecule has 1 rings (SSSR count). The number of ether oxygens (including phenoxy) is 3. The number of nitrogens with zero attached hydrogens (tertiary/aromatic N) is 1. The summed E-state index contributed by atoms with van der Waals surface area (Å²) in [6, 6.07) is 3.23. The summed E-state index contributed by atoms with van der Waals surface area (Å²) in [5.41, 5.74) is 0.738. The van der Waals surface area contributed by atoms with Crippen LogP contribution in [0.4, 0.5) is 5.69 Å². The number of hydrogen-bond acceptors (Lipinski definition) is 5. The molecule has 1 aromatic rings. The highest BCUT2D eigenvalue weighted by Crippen LogP contribution is 2.40. The van der Waals surface area contributed by atoms with E-state index in [-0.39, 0.29) is 11.9 Å².